The maximum Gasteiger partial charge on any atom is 0.329 e. The molecule has 0 bridgehead atoms. The number of ether oxygens (including phenoxy) is 1. The van der Waals surface area contributed by atoms with Crippen LogP contribution in [-0.4, -0.2) is 52.9 Å². The predicted octanol–water partition coefficient (Wildman–Crippen LogP) is 3.53. The Morgan fingerprint density at radius 3 is 2.52 bits per heavy atom. The molecule has 2 aromatic rings. The van der Waals surface area contributed by atoms with Crippen LogP contribution in [0.25, 0.3) is 10.9 Å². The normalized spacial score (nSPS) is 25.6. The lowest BCUT2D eigenvalue weighted by atomic mass is 10.1. The molecule has 0 radical (unpaired) electrons. The number of fused-ring (bicyclic) bond motifs is 1. The molecular formula is C15H15ClF4N4O. The lowest BCUT2D eigenvalue weighted by Crippen LogP contribution is -2.38. The van der Waals surface area contributed by atoms with Crippen LogP contribution in [-0.2, 0) is 4.74 Å². The number of anilines is 1. The minimum atomic E-state index is -4.11. The van der Waals surface area contributed by atoms with E-state index in [2.05, 4.69) is 10.1 Å². The van der Waals surface area contributed by atoms with E-state index >= 15 is 0 Å². The fourth-order valence-electron chi connectivity index (χ4n) is 3.36. The van der Waals surface area contributed by atoms with Crippen molar-refractivity contribution in [3.63, 3.8) is 0 Å². The highest BCUT2D eigenvalue weighted by Gasteiger charge is 2.63. The second-order valence-electron chi connectivity index (χ2n) is 6.42. The molecule has 0 saturated carbocycles. The van der Waals surface area contributed by atoms with Gasteiger partial charge in [0, 0.05) is 12.8 Å². The molecule has 0 aliphatic carbocycles. The van der Waals surface area contributed by atoms with Crippen molar-refractivity contribution in [2.45, 2.75) is 30.7 Å². The Hall–Kier alpha value is -1.61. The van der Waals surface area contributed by atoms with E-state index in [0.717, 1.165) is 17.7 Å². The number of rotatable bonds is 2. The predicted molar refractivity (Wildman–Crippen MR) is 83.7 cm³/mol. The van der Waals surface area contributed by atoms with Gasteiger partial charge < -0.3 is 9.64 Å². The summed E-state index contributed by atoms with van der Waals surface area (Å²) in [7, 11) is 0. The average Bonchev–Trinajstić information content (AvgIpc) is 3.04. The molecule has 1 unspecified atom stereocenters. The molecule has 5 nitrogen and oxygen atoms in total. The highest BCUT2D eigenvalue weighted by atomic mass is 35.5. The minimum Gasteiger partial charge on any atom is -0.379 e. The molecule has 2 aliphatic rings. The van der Waals surface area contributed by atoms with Gasteiger partial charge >= 0.3 is 11.8 Å². The van der Waals surface area contributed by atoms with Crippen LogP contribution in [0.15, 0.2) is 12.4 Å². The Morgan fingerprint density at radius 1 is 1.16 bits per heavy atom. The third kappa shape index (κ3) is 2.64. The first kappa shape index (κ1) is 16.8. The number of hydrogen-bond donors (Lipinski definition) is 0. The summed E-state index contributed by atoms with van der Waals surface area (Å²) in [6, 6.07) is -0.117. The number of pyridine rings is 1. The molecule has 2 fully saturated rings. The lowest BCUT2D eigenvalue weighted by Gasteiger charge is -2.23. The zero-order chi connectivity index (χ0) is 17.8. The molecule has 4 rings (SSSR count). The second-order valence-corrected chi connectivity index (χ2v) is 6.83. The van der Waals surface area contributed by atoms with Crippen LogP contribution in [0.5, 0.6) is 0 Å². The standard InChI is InChI=1S/C15H15ClF4N4O/c16-10-4-21-5-11-12(10)13(22-24(11)9-2-1-3-25-6-9)23-7-14(17,18)15(19,20)8-23/h4-5,9H,1-3,6-8H2. The zero-order valence-corrected chi connectivity index (χ0v) is 13.8. The third-order valence-electron chi connectivity index (χ3n) is 4.65. The molecule has 2 aliphatic heterocycles. The van der Waals surface area contributed by atoms with Gasteiger partial charge in [-0.3, -0.25) is 9.67 Å². The Bertz CT molecular complexity index is 790. The molecule has 0 amide bonds. The van der Waals surface area contributed by atoms with E-state index in [1.807, 2.05) is 0 Å². The summed E-state index contributed by atoms with van der Waals surface area (Å²) >= 11 is 6.19. The van der Waals surface area contributed by atoms with Crippen LogP contribution < -0.4 is 4.90 Å². The van der Waals surface area contributed by atoms with Crippen LogP contribution in [0.1, 0.15) is 18.9 Å². The monoisotopic (exact) mass is 378 g/mol. The van der Waals surface area contributed by atoms with Crippen LogP contribution >= 0.6 is 11.6 Å². The van der Waals surface area contributed by atoms with Crippen molar-refractivity contribution in [1.29, 1.82) is 0 Å². The fraction of sp³-hybridized carbons (Fsp3) is 0.600. The van der Waals surface area contributed by atoms with Gasteiger partial charge in [-0.05, 0) is 12.8 Å². The first-order chi connectivity index (χ1) is 11.8. The molecule has 0 aromatic carbocycles. The Kier molecular flexibility index (Phi) is 3.84. The highest BCUT2D eigenvalue weighted by Crippen LogP contribution is 2.45. The zero-order valence-electron chi connectivity index (χ0n) is 13.1. The van der Waals surface area contributed by atoms with E-state index in [1.165, 1.54) is 12.4 Å². The first-order valence-electron chi connectivity index (χ1n) is 7.90. The van der Waals surface area contributed by atoms with E-state index in [9.17, 15) is 17.6 Å². The van der Waals surface area contributed by atoms with E-state index < -0.39 is 24.9 Å². The summed E-state index contributed by atoms with van der Waals surface area (Å²) in [6.07, 6.45) is 4.48. The lowest BCUT2D eigenvalue weighted by molar-refractivity contribution is -0.172. The van der Waals surface area contributed by atoms with E-state index in [1.54, 1.807) is 4.68 Å². The summed E-state index contributed by atoms with van der Waals surface area (Å²) in [4.78, 5) is 4.91. The van der Waals surface area contributed by atoms with Gasteiger partial charge in [-0.2, -0.15) is 22.7 Å². The Labute approximate surface area is 145 Å². The molecule has 2 saturated heterocycles. The fourth-order valence-corrected chi connectivity index (χ4v) is 3.60. The Morgan fingerprint density at radius 2 is 1.88 bits per heavy atom. The van der Waals surface area contributed by atoms with Gasteiger partial charge in [-0.15, -0.1) is 0 Å². The van der Waals surface area contributed by atoms with Crippen LogP contribution in [0.2, 0.25) is 5.02 Å². The molecule has 4 heterocycles. The molecule has 1 atom stereocenters. The summed E-state index contributed by atoms with van der Waals surface area (Å²) in [5, 5.41) is 4.90. The topological polar surface area (TPSA) is 43.2 Å². The van der Waals surface area contributed by atoms with Crippen LogP contribution in [0.3, 0.4) is 0 Å². The number of aromatic nitrogens is 3. The van der Waals surface area contributed by atoms with Gasteiger partial charge in [0.25, 0.3) is 0 Å². The quantitative estimate of drug-likeness (QED) is 0.750. The second kappa shape index (κ2) is 5.70. The number of hydrogen-bond acceptors (Lipinski definition) is 4. The van der Waals surface area contributed by atoms with Crippen molar-refractivity contribution in [2.75, 3.05) is 31.2 Å². The molecular weight excluding hydrogens is 364 g/mol. The van der Waals surface area contributed by atoms with Gasteiger partial charge in [-0.25, -0.2) is 0 Å². The molecule has 0 N–H and O–H groups in total. The SMILES string of the molecule is FC1(F)CN(c2nn(C3CCCOC3)c3cncc(Cl)c23)CC1(F)F. The third-order valence-corrected chi connectivity index (χ3v) is 4.93. The van der Waals surface area contributed by atoms with Crippen molar-refractivity contribution in [3.05, 3.63) is 17.4 Å². The van der Waals surface area contributed by atoms with Gasteiger partial charge in [0.15, 0.2) is 5.82 Å². The van der Waals surface area contributed by atoms with Gasteiger partial charge in [0.2, 0.25) is 0 Å². The van der Waals surface area contributed by atoms with Crippen molar-refractivity contribution in [1.82, 2.24) is 14.8 Å². The first-order valence-corrected chi connectivity index (χ1v) is 8.28. The van der Waals surface area contributed by atoms with Gasteiger partial charge in [0.05, 0.1) is 47.9 Å². The molecule has 2 aromatic heterocycles. The average molecular weight is 379 g/mol. The van der Waals surface area contributed by atoms with E-state index in [-0.39, 0.29) is 16.9 Å². The molecule has 136 valence electrons. The molecule has 25 heavy (non-hydrogen) atoms. The summed E-state index contributed by atoms with van der Waals surface area (Å²) in [6.45, 7) is -1.15. The largest absolute Gasteiger partial charge is 0.379 e. The highest BCUT2D eigenvalue weighted by molar-refractivity contribution is 6.36. The maximum absolute atomic E-state index is 13.6. The van der Waals surface area contributed by atoms with Gasteiger partial charge in [-0.1, -0.05) is 11.6 Å². The van der Waals surface area contributed by atoms with E-state index in [4.69, 9.17) is 16.3 Å². The minimum absolute atomic E-state index is 0.0322. The van der Waals surface area contributed by atoms with E-state index in [0.29, 0.717) is 24.1 Å². The molecule has 0 spiro atoms. The summed E-state index contributed by atoms with van der Waals surface area (Å²) in [5.41, 5.74) is 0.525. The molecule has 10 heteroatoms. The number of alkyl halides is 4. The van der Waals surface area contributed by atoms with Crippen molar-refractivity contribution < 1.29 is 22.3 Å². The van der Waals surface area contributed by atoms with Crippen molar-refractivity contribution >= 4 is 28.3 Å². The van der Waals surface area contributed by atoms with Crippen LogP contribution in [0, 0.1) is 0 Å². The number of halogens is 5. The summed E-state index contributed by atoms with van der Waals surface area (Å²) < 4.78 is 61.6. The van der Waals surface area contributed by atoms with Crippen molar-refractivity contribution in [2.24, 2.45) is 0 Å². The Balaban J connectivity index is 1.82. The van der Waals surface area contributed by atoms with Gasteiger partial charge in [0.1, 0.15) is 0 Å². The number of nitrogens with zero attached hydrogens (tertiary/aromatic N) is 4. The maximum atomic E-state index is 13.6. The summed E-state index contributed by atoms with van der Waals surface area (Å²) in [5.74, 6) is -8.20. The van der Waals surface area contributed by atoms with Crippen LogP contribution in [0.4, 0.5) is 23.4 Å². The smallest absolute Gasteiger partial charge is 0.329 e. The van der Waals surface area contributed by atoms with Crippen molar-refractivity contribution in [3.8, 4) is 0 Å².